The van der Waals surface area contributed by atoms with Gasteiger partial charge in [0.25, 0.3) is 0 Å². The van der Waals surface area contributed by atoms with Gasteiger partial charge in [0.15, 0.2) is 6.19 Å². The molecule has 198 valence electrons. The molecule has 0 radical (unpaired) electrons. The van der Waals surface area contributed by atoms with E-state index < -0.39 is 0 Å². The van der Waals surface area contributed by atoms with Crippen LogP contribution in [0.4, 0.5) is 5.69 Å². The molecular formula is C29H40N6O2. The maximum atomic E-state index is 11.4. The molecule has 0 aromatic heterocycles. The highest BCUT2D eigenvalue weighted by atomic mass is 16.5. The lowest BCUT2D eigenvalue weighted by molar-refractivity contribution is -0.105. The van der Waals surface area contributed by atoms with Crippen LogP contribution < -0.4 is 21.6 Å². The van der Waals surface area contributed by atoms with E-state index in [1.807, 2.05) is 47.4 Å². The summed E-state index contributed by atoms with van der Waals surface area (Å²) in [7, 11) is 1.63. The molecule has 2 aliphatic rings. The van der Waals surface area contributed by atoms with Crippen molar-refractivity contribution in [3.63, 3.8) is 0 Å². The standard InChI is InChI=1S/C29H38N6O2.H2/c1-37-24-12-10-21(11-13-24)27(31)18-35(32)15-14-26(25-8-4-5-9-28(25)33-20-36)29-16-22-6-2-3-7-23(22)17-34(29)19-30;/h4-5,8-13,18,20,22-23,26,29H,2-3,6-7,14-17,31-32H2,1H3,(H,33,36);1H/b27-18-;. The molecule has 1 aliphatic carbocycles. The molecule has 8 heteroatoms. The number of ether oxygens (including phenoxy) is 1. The van der Waals surface area contributed by atoms with E-state index in [1.165, 1.54) is 25.7 Å². The third-order valence-corrected chi connectivity index (χ3v) is 8.04. The minimum Gasteiger partial charge on any atom is -0.497 e. The lowest BCUT2D eigenvalue weighted by Crippen LogP contribution is -2.49. The van der Waals surface area contributed by atoms with E-state index in [2.05, 4.69) is 17.6 Å². The highest BCUT2D eigenvalue weighted by Gasteiger charge is 2.40. The molecule has 0 bridgehead atoms. The predicted octanol–water partition coefficient (Wildman–Crippen LogP) is 4.48. The molecule has 5 N–H and O–H groups in total. The van der Waals surface area contributed by atoms with E-state index in [-0.39, 0.29) is 13.4 Å². The van der Waals surface area contributed by atoms with Crippen molar-refractivity contribution >= 4 is 17.8 Å². The van der Waals surface area contributed by atoms with Crippen LogP contribution in [0.3, 0.4) is 0 Å². The van der Waals surface area contributed by atoms with Crippen molar-refractivity contribution < 1.29 is 11.0 Å². The molecule has 1 heterocycles. The summed E-state index contributed by atoms with van der Waals surface area (Å²) in [4.78, 5) is 13.3. The van der Waals surface area contributed by atoms with Gasteiger partial charge in [-0.25, -0.2) is 5.84 Å². The number of carbonyl (C=O) groups excluding carboxylic acids is 1. The van der Waals surface area contributed by atoms with Crippen LogP contribution in [0.1, 0.15) is 57.0 Å². The van der Waals surface area contributed by atoms with Crippen molar-refractivity contribution in [3.8, 4) is 11.9 Å². The number of benzene rings is 2. The van der Waals surface area contributed by atoms with Crippen molar-refractivity contribution in [1.29, 1.82) is 5.26 Å². The number of nitriles is 1. The van der Waals surface area contributed by atoms with Crippen LogP contribution >= 0.6 is 0 Å². The molecule has 4 unspecified atom stereocenters. The summed E-state index contributed by atoms with van der Waals surface area (Å²) < 4.78 is 5.22. The number of hydrogen-bond acceptors (Lipinski definition) is 7. The van der Waals surface area contributed by atoms with E-state index in [9.17, 15) is 10.1 Å². The maximum absolute atomic E-state index is 11.4. The van der Waals surface area contributed by atoms with Gasteiger partial charge in [0.05, 0.1) is 12.8 Å². The SMILES string of the molecule is COc1ccc(/C(N)=C/N(N)CCC(c2ccccc2NC=O)C2CC3CCCCC3CN2C#N)cc1.[HH]. The largest absolute Gasteiger partial charge is 0.497 e. The summed E-state index contributed by atoms with van der Waals surface area (Å²) in [5.41, 5.74) is 9.57. The number of fused-ring (bicyclic) bond motifs is 1. The number of amides is 1. The monoisotopic (exact) mass is 504 g/mol. The van der Waals surface area contributed by atoms with Gasteiger partial charge in [0, 0.05) is 38.4 Å². The Morgan fingerprint density at radius 3 is 2.68 bits per heavy atom. The number of carbonyl (C=O) groups is 1. The van der Waals surface area contributed by atoms with Crippen LogP contribution in [0.25, 0.3) is 5.70 Å². The number of hydrogen-bond donors (Lipinski definition) is 3. The number of hydrazine groups is 1. The van der Waals surface area contributed by atoms with Crippen LogP contribution in [0.5, 0.6) is 5.75 Å². The zero-order chi connectivity index (χ0) is 26.2. The Morgan fingerprint density at radius 1 is 1.24 bits per heavy atom. The molecule has 2 aromatic rings. The molecule has 1 amide bonds. The van der Waals surface area contributed by atoms with E-state index in [0.717, 1.165) is 35.5 Å². The van der Waals surface area contributed by atoms with Gasteiger partial charge in [-0.2, -0.15) is 5.26 Å². The fraction of sp³-hybridized carbons (Fsp3) is 0.448. The van der Waals surface area contributed by atoms with Gasteiger partial charge in [0.1, 0.15) is 5.75 Å². The Kier molecular flexibility index (Phi) is 8.91. The Labute approximate surface area is 221 Å². The van der Waals surface area contributed by atoms with Gasteiger partial charge in [0.2, 0.25) is 6.41 Å². The number of nitrogens with zero attached hydrogens (tertiary/aromatic N) is 3. The zero-order valence-electron chi connectivity index (χ0n) is 21.6. The lowest BCUT2D eigenvalue weighted by Gasteiger charge is -2.47. The molecule has 2 aromatic carbocycles. The minimum atomic E-state index is 0. The van der Waals surface area contributed by atoms with Gasteiger partial charge in [-0.05, 0) is 72.6 Å². The third kappa shape index (κ3) is 6.36. The molecule has 0 spiro atoms. The van der Waals surface area contributed by atoms with Gasteiger partial charge in [-0.3, -0.25) is 4.79 Å². The van der Waals surface area contributed by atoms with Crippen molar-refractivity contribution in [1.82, 2.24) is 9.91 Å². The molecule has 1 aliphatic heterocycles. The van der Waals surface area contributed by atoms with Crippen molar-refractivity contribution in [2.24, 2.45) is 23.4 Å². The first kappa shape index (κ1) is 26.4. The topological polar surface area (TPSA) is 121 Å². The summed E-state index contributed by atoms with van der Waals surface area (Å²) in [5, 5.41) is 14.6. The van der Waals surface area contributed by atoms with Gasteiger partial charge in [-0.1, -0.05) is 37.5 Å². The smallest absolute Gasteiger partial charge is 0.211 e. The molecule has 1 saturated heterocycles. The molecular weight excluding hydrogens is 464 g/mol. The van der Waals surface area contributed by atoms with Crippen LogP contribution in [-0.2, 0) is 4.79 Å². The number of piperidine rings is 1. The van der Waals surface area contributed by atoms with Crippen LogP contribution in [-0.4, -0.2) is 42.6 Å². The molecule has 8 nitrogen and oxygen atoms in total. The first-order valence-electron chi connectivity index (χ1n) is 13.1. The normalized spacial score (nSPS) is 22.4. The second kappa shape index (κ2) is 12.5. The van der Waals surface area contributed by atoms with Gasteiger partial charge < -0.3 is 25.7 Å². The Hall–Kier alpha value is -3.70. The van der Waals surface area contributed by atoms with Gasteiger partial charge in [-0.15, -0.1) is 0 Å². The fourth-order valence-corrected chi connectivity index (χ4v) is 6.12. The average Bonchev–Trinajstić information content (AvgIpc) is 2.93. The second-order valence-corrected chi connectivity index (χ2v) is 10.2. The molecule has 4 rings (SSSR count). The molecule has 1 saturated carbocycles. The maximum Gasteiger partial charge on any atom is 0.211 e. The van der Waals surface area contributed by atoms with E-state index in [1.54, 1.807) is 18.3 Å². The van der Waals surface area contributed by atoms with Crippen molar-refractivity contribution in [2.45, 2.75) is 50.5 Å². The summed E-state index contributed by atoms with van der Waals surface area (Å²) in [6.07, 6.45) is 11.6. The number of para-hydroxylation sites is 1. The Balaban J connectivity index is 0.00000400. The highest BCUT2D eigenvalue weighted by Crippen LogP contribution is 2.44. The molecule has 37 heavy (non-hydrogen) atoms. The predicted molar refractivity (Wildman–Crippen MR) is 148 cm³/mol. The second-order valence-electron chi connectivity index (χ2n) is 10.2. The average molecular weight is 505 g/mol. The highest BCUT2D eigenvalue weighted by molar-refractivity contribution is 5.73. The number of anilines is 1. The molecule has 4 atom stereocenters. The molecule has 2 fully saturated rings. The zero-order valence-corrected chi connectivity index (χ0v) is 21.6. The Bertz CT molecular complexity index is 1120. The number of methoxy groups -OCH3 is 1. The summed E-state index contributed by atoms with van der Waals surface area (Å²) >= 11 is 0. The van der Waals surface area contributed by atoms with Gasteiger partial charge >= 0.3 is 0 Å². The lowest BCUT2D eigenvalue weighted by atomic mass is 9.69. The number of rotatable bonds is 10. The minimum absolute atomic E-state index is 0. The van der Waals surface area contributed by atoms with E-state index in [4.69, 9.17) is 16.3 Å². The van der Waals surface area contributed by atoms with Crippen LogP contribution in [0.2, 0.25) is 0 Å². The van der Waals surface area contributed by atoms with Crippen LogP contribution in [0, 0.1) is 23.3 Å². The number of nitrogens with two attached hydrogens (primary N) is 2. The summed E-state index contributed by atoms with van der Waals surface area (Å²) in [6, 6.07) is 15.5. The summed E-state index contributed by atoms with van der Waals surface area (Å²) in [6.45, 7) is 1.35. The first-order valence-corrected chi connectivity index (χ1v) is 13.1. The quantitative estimate of drug-likeness (QED) is 0.189. The van der Waals surface area contributed by atoms with Crippen molar-refractivity contribution in [2.75, 3.05) is 25.5 Å². The fourth-order valence-electron chi connectivity index (χ4n) is 6.12. The number of likely N-dealkylation sites (tertiary alicyclic amines) is 1. The van der Waals surface area contributed by atoms with Crippen LogP contribution in [0.15, 0.2) is 54.7 Å². The first-order chi connectivity index (χ1) is 18.0. The third-order valence-electron chi connectivity index (χ3n) is 8.04. The van der Waals surface area contributed by atoms with Crippen molar-refractivity contribution in [3.05, 3.63) is 65.9 Å². The van der Waals surface area contributed by atoms with E-state index >= 15 is 0 Å². The number of nitrogens with one attached hydrogen (secondary N) is 1. The Morgan fingerprint density at radius 2 is 1.97 bits per heavy atom. The summed E-state index contributed by atoms with van der Waals surface area (Å²) in [5.74, 6) is 8.41. The van der Waals surface area contributed by atoms with E-state index in [0.29, 0.717) is 36.9 Å².